The first-order valence-electron chi connectivity index (χ1n) is 7.28. The van der Waals surface area contributed by atoms with Crippen LogP contribution in [-0.2, 0) is 14.4 Å². The third-order valence-electron chi connectivity index (χ3n) is 3.40. The molecule has 24 heavy (non-hydrogen) atoms. The highest BCUT2D eigenvalue weighted by Crippen LogP contribution is 2.21. The van der Waals surface area contributed by atoms with Crippen LogP contribution in [0.15, 0.2) is 4.99 Å². The number of carboxylic acid groups (broad SMARTS) is 1. The number of hydrogen-bond acceptors (Lipinski definition) is 9. The van der Waals surface area contributed by atoms with Crippen LogP contribution >= 0.6 is 0 Å². The molecule has 0 aromatic carbocycles. The third kappa shape index (κ3) is 5.83. The van der Waals surface area contributed by atoms with Crippen molar-refractivity contribution >= 4 is 11.9 Å². The maximum Gasteiger partial charge on any atom is 0.320 e. The number of aliphatic carboxylic acids is 1. The van der Waals surface area contributed by atoms with Gasteiger partial charge >= 0.3 is 5.97 Å². The van der Waals surface area contributed by atoms with Crippen molar-refractivity contribution in [1.29, 1.82) is 0 Å². The molecule has 0 unspecified atom stereocenters. The van der Waals surface area contributed by atoms with E-state index in [-0.39, 0.29) is 18.9 Å². The first kappa shape index (κ1) is 20.5. The summed E-state index contributed by atoms with van der Waals surface area (Å²) in [4.78, 5) is 19.3. The fraction of sp³-hybridized carbons (Fsp3) is 0.833. The number of guanidine groups is 1. The molecule has 12 nitrogen and oxygen atoms in total. The summed E-state index contributed by atoms with van der Waals surface area (Å²) in [5.74, 6) is -1.27. The van der Waals surface area contributed by atoms with Gasteiger partial charge < -0.3 is 41.7 Å². The maximum absolute atomic E-state index is 10.5. The molecule has 0 saturated carbocycles. The van der Waals surface area contributed by atoms with Gasteiger partial charge in [0.05, 0.1) is 6.61 Å². The molecule has 1 saturated heterocycles. The Labute approximate surface area is 137 Å². The third-order valence-corrected chi connectivity index (χ3v) is 3.40. The average Bonchev–Trinajstić information content (AvgIpc) is 2.55. The number of aliphatic hydroxyl groups is 4. The number of nitrogens with two attached hydrogens (primary N) is 2. The van der Waals surface area contributed by atoms with Crippen molar-refractivity contribution in [2.24, 2.45) is 16.5 Å². The molecule has 1 heterocycles. The van der Waals surface area contributed by atoms with E-state index in [1.807, 2.05) is 0 Å². The van der Waals surface area contributed by atoms with Crippen LogP contribution in [-0.4, -0.2) is 87.4 Å². The minimum Gasteiger partial charge on any atom is -0.480 e. The second-order valence-electron chi connectivity index (χ2n) is 5.27. The molecule has 0 aromatic heterocycles. The van der Waals surface area contributed by atoms with Gasteiger partial charge in [0, 0.05) is 6.54 Å². The molecule has 1 fully saturated rings. The molecule has 0 bridgehead atoms. The summed E-state index contributed by atoms with van der Waals surface area (Å²) in [5, 5.41) is 46.6. The van der Waals surface area contributed by atoms with Crippen molar-refractivity contribution in [2.75, 3.05) is 13.2 Å². The van der Waals surface area contributed by atoms with Crippen LogP contribution in [0, 0.1) is 0 Å². The monoisotopic (exact) mass is 352 g/mol. The largest absolute Gasteiger partial charge is 0.480 e. The van der Waals surface area contributed by atoms with E-state index in [1.54, 1.807) is 0 Å². The van der Waals surface area contributed by atoms with E-state index >= 15 is 0 Å². The lowest BCUT2D eigenvalue weighted by Crippen LogP contribution is -2.60. The van der Waals surface area contributed by atoms with Gasteiger partial charge in [0.25, 0.3) is 0 Å². The van der Waals surface area contributed by atoms with Crippen molar-refractivity contribution in [1.82, 2.24) is 5.48 Å². The van der Waals surface area contributed by atoms with Crippen molar-refractivity contribution < 1.29 is 39.9 Å². The Balaban J connectivity index is 2.38. The molecule has 0 radical (unpaired) electrons. The van der Waals surface area contributed by atoms with E-state index in [4.69, 9.17) is 31.3 Å². The lowest BCUT2D eigenvalue weighted by molar-refractivity contribution is -0.310. The number of carboxylic acids is 1. The molecule has 0 aromatic rings. The second-order valence-corrected chi connectivity index (χ2v) is 5.27. The Morgan fingerprint density at radius 1 is 1.29 bits per heavy atom. The van der Waals surface area contributed by atoms with Crippen LogP contribution in [0.5, 0.6) is 0 Å². The number of aliphatic imine (C=N–C) groups is 1. The molecule has 1 aliphatic heterocycles. The fourth-order valence-corrected chi connectivity index (χ4v) is 1.95. The zero-order valence-electron chi connectivity index (χ0n) is 12.9. The van der Waals surface area contributed by atoms with Gasteiger partial charge in [-0.2, -0.15) is 0 Å². The molecule has 140 valence electrons. The van der Waals surface area contributed by atoms with Gasteiger partial charge in [-0.3, -0.25) is 9.79 Å². The molecular formula is C12H24N4O8. The molecule has 1 aliphatic rings. The fourth-order valence-electron chi connectivity index (χ4n) is 1.95. The number of aliphatic hydroxyl groups excluding tert-OH is 4. The van der Waals surface area contributed by atoms with Crippen molar-refractivity contribution in [3.05, 3.63) is 0 Å². The Kier molecular flexibility index (Phi) is 8.27. The lowest BCUT2D eigenvalue weighted by Gasteiger charge is -2.39. The Hall–Kier alpha value is -1.54. The smallest absolute Gasteiger partial charge is 0.320 e. The summed E-state index contributed by atoms with van der Waals surface area (Å²) in [6, 6.07) is -0.972. The van der Waals surface area contributed by atoms with Gasteiger partial charge in [-0.15, -0.1) is 0 Å². The summed E-state index contributed by atoms with van der Waals surface area (Å²) in [6.45, 7) is -0.393. The van der Waals surface area contributed by atoms with Crippen LogP contribution in [0.4, 0.5) is 0 Å². The topological polar surface area (TPSA) is 213 Å². The van der Waals surface area contributed by atoms with Crippen molar-refractivity contribution in [3.63, 3.8) is 0 Å². The molecular weight excluding hydrogens is 328 g/mol. The van der Waals surface area contributed by atoms with Crippen molar-refractivity contribution in [2.45, 2.75) is 49.6 Å². The summed E-state index contributed by atoms with van der Waals surface area (Å²) in [5.41, 5.74) is 13.0. The Bertz CT molecular complexity index is 435. The van der Waals surface area contributed by atoms with E-state index in [2.05, 4.69) is 10.5 Å². The summed E-state index contributed by atoms with van der Waals surface area (Å²) < 4.78 is 5.08. The number of hydrogen-bond donors (Lipinski definition) is 8. The van der Waals surface area contributed by atoms with E-state index in [9.17, 15) is 20.1 Å². The minimum atomic E-state index is -1.57. The number of nitrogens with zero attached hydrogens (tertiary/aromatic N) is 1. The van der Waals surface area contributed by atoms with Crippen LogP contribution in [0.2, 0.25) is 0 Å². The van der Waals surface area contributed by atoms with Gasteiger partial charge in [-0.05, 0) is 12.8 Å². The lowest BCUT2D eigenvalue weighted by atomic mass is 9.99. The van der Waals surface area contributed by atoms with E-state index < -0.39 is 49.3 Å². The SMILES string of the molecule is NC(=NCCC[C@H](N)C(=O)O)NO[C@@H]1O[C@H](CO)[C@@H](O)[C@H](O)[C@H]1O. The highest BCUT2D eigenvalue weighted by Gasteiger charge is 2.44. The number of rotatable bonds is 8. The molecule has 10 N–H and O–H groups in total. The van der Waals surface area contributed by atoms with Crippen LogP contribution in [0.1, 0.15) is 12.8 Å². The van der Waals surface area contributed by atoms with Gasteiger partial charge in [0.15, 0.2) is 0 Å². The van der Waals surface area contributed by atoms with Gasteiger partial charge in [0.1, 0.15) is 30.5 Å². The van der Waals surface area contributed by atoms with Crippen molar-refractivity contribution in [3.8, 4) is 0 Å². The van der Waals surface area contributed by atoms with Gasteiger partial charge in [0.2, 0.25) is 12.2 Å². The molecule has 0 amide bonds. The standard InChI is InChI=1S/C12H24N4O8/c13-5(10(21)22)2-1-3-15-12(14)16-24-11-9(20)8(19)7(18)6(4-17)23-11/h5-9,11,17-20H,1-4,13H2,(H,21,22)(H3,14,15,16)/t5-,6+,7+,8-,9+,11-/m0/s1. The van der Waals surface area contributed by atoms with Gasteiger partial charge in [-0.25, -0.2) is 10.3 Å². The summed E-state index contributed by atoms with van der Waals surface area (Å²) in [7, 11) is 0. The molecule has 0 spiro atoms. The molecule has 1 rings (SSSR count). The van der Waals surface area contributed by atoms with E-state index in [1.165, 1.54) is 0 Å². The molecule has 0 aliphatic carbocycles. The number of hydroxylamine groups is 1. The molecule has 12 heteroatoms. The zero-order chi connectivity index (χ0) is 18.3. The predicted octanol–water partition coefficient (Wildman–Crippen LogP) is -4.19. The Morgan fingerprint density at radius 2 is 1.96 bits per heavy atom. The number of carbonyl (C=O) groups is 1. The zero-order valence-corrected chi connectivity index (χ0v) is 12.9. The first-order valence-corrected chi connectivity index (χ1v) is 7.28. The molecule has 6 atom stereocenters. The van der Waals surface area contributed by atoms with E-state index in [0.29, 0.717) is 6.42 Å². The quantitative estimate of drug-likeness (QED) is 0.0907. The first-order chi connectivity index (χ1) is 11.3. The number of nitrogens with one attached hydrogen (secondary N) is 1. The normalized spacial score (nSPS) is 32.4. The Morgan fingerprint density at radius 3 is 2.54 bits per heavy atom. The van der Waals surface area contributed by atoms with Crippen LogP contribution < -0.4 is 16.9 Å². The minimum absolute atomic E-state index is 0.171. The summed E-state index contributed by atoms with van der Waals surface area (Å²) >= 11 is 0. The van der Waals surface area contributed by atoms with Crippen LogP contribution in [0.25, 0.3) is 0 Å². The second kappa shape index (κ2) is 9.68. The maximum atomic E-state index is 10.5. The predicted molar refractivity (Wildman–Crippen MR) is 79.3 cm³/mol. The average molecular weight is 352 g/mol. The highest BCUT2D eigenvalue weighted by molar-refractivity contribution is 5.76. The summed E-state index contributed by atoms with van der Waals surface area (Å²) in [6.07, 6.45) is -6.53. The number of ether oxygens (including phenoxy) is 1. The van der Waals surface area contributed by atoms with Gasteiger partial charge in [-0.1, -0.05) is 0 Å². The van der Waals surface area contributed by atoms with E-state index in [0.717, 1.165) is 0 Å². The highest BCUT2D eigenvalue weighted by atomic mass is 16.8. The van der Waals surface area contributed by atoms with Crippen LogP contribution in [0.3, 0.4) is 0 Å².